The van der Waals surface area contributed by atoms with E-state index in [9.17, 15) is 4.79 Å². The van der Waals surface area contributed by atoms with Crippen LogP contribution in [0.5, 0.6) is 0 Å². The van der Waals surface area contributed by atoms with Crippen LogP contribution >= 0.6 is 12.6 Å². The monoisotopic (exact) mass is 199 g/mol. The summed E-state index contributed by atoms with van der Waals surface area (Å²) in [4.78, 5) is 10.9. The molecule has 0 aromatic carbocycles. The molecule has 1 N–H and O–H groups in total. The molecule has 5 heteroatoms. The SMILES string of the molecule is Cc1c(CNC(=O)CS)cnn1C. The van der Waals surface area contributed by atoms with E-state index in [1.807, 2.05) is 14.0 Å². The molecule has 0 radical (unpaired) electrons. The predicted octanol–water partition coefficient (Wildman–Crippen LogP) is 0.275. The third kappa shape index (κ3) is 2.48. The third-order valence-corrected chi connectivity index (χ3v) is 2.24. The van der Waals surface area contributed by atoms with Crippen LogP contribution in [0.25, 0.3) is 0 Å². The Labute approximate surface area is 82.7 Å². The average Bonchev–Trinajstić information content (AvgIpc) is 2.44. The van der Waals surface area contributed by atoms with Crippen molar-refractivity contribution in [3.05, 3.63) is 17.5 Å². The van der Waals surface area contributed by atoms with E-state index in [0.717, 1.165) is 11.3 Å². The Morgan fingerprint density at radius 2 is 2.46 bits per heavy atom. The van der Waals surface area contributed by atoms with E-state index >= 15 is 0 Å². The number of nitrogens with zero attached hydrogens (tertiary/aromatic N) is 2. The molecule has 1 amide bonds. The second kappa shape index (κ2) is 4.32. The molecular formula is C8H13N3OS. The second-order valence-corrected chi connectivity index (χ2v) is 3.13. The van der Waals surface area contributed by atoms with Crippen molar-refractivity contribution >= 4 is 18.5 Å². The smallest absolute Gasteiger partial charge is 0.229 e. The highest BCUT2D eigenvalue weighted by Gasteiger charge is 2.04. The molecule has 0 bridgehead atoms. The molecule has 0 fully saturated rings. The van der Waals surface area contributed by atoms with Gasteiger partial charge >= 0.3 is 0 Å². The summed E-state index contributed by atoms with van der Waals surface area (Å²) in [5, 5.41) is 6.80. The number of aromatic nitrogens is 2. The molecule has 0 saturated carbocycles. The van der Waals surface area contributed by atoms with Gasteiger partial charge in [-0.2, -0.15) is 17.7 Å². The number of hydrogen-bond donors (Lipinski definition) is 2. The first-order chi connectivity index (χ1) is 6.15. The lowest BCUT2D eigenvalue weighted by Gasteiger charge is -2.02. The molecule has 13 heavy (non-hydrogen) atoms. The van der Waals surface area contributed by atoms with Gasteiger partial charge in [-0.05, 0) is 6.92 Å². The Bertz CT molecular complexity index is 308. The lowest BCUT2D eigenvalue weighted by atomic mass is 10.2. The minimum atomic E-state index is -0.0633. The van der Waals surface area contributed by atoms with Gasteiger partial charge in [0, 0.05) is 24.8 Å². The highest BCUT2D eigenvalue weighted by atomic mass is 32.1. The minimum Gasteiger partial charge on any atom is -0.351 e. The Morgan fingerprint density at radius 1 is 1.77 bits per heavy atom. The molecule has 0 aliphatic rings. The second-order valence-electron chi connectivity index (χ2n) is 2.81. The van der Waals surface area contributed by atoms with Gasteiger partial charge in [0.1, 0.15) is 0 Å². The van der Waals surface area contributed by atoms with E-state index in [4.69, 9.17) is 0 Å². The molecule has 0 saturated heterocycles. The van der Waals surface area contributed by atoms with Gasteiger partial charge in [-0.25, -0.2) is 0 Å². The molecule has 1 rings (SSSR count). The average molecular weight is 199 g/mol. The fraction of sp³-hybridized carbons (Fsp3) is 0.500. The van der Waals surface area contributed by atoms with Crippen LogP contribution in [-0.4, -0.2) is 21.4 Å². The molecule has 0 aliphatic heterocycles. The van der Waals surface area contributed by atoms with Crippen LogP contribution in [0.3, 0.4) is 0 Å². The number of hydrogen-bond acceptors (Lipinski definition) is 3. The number of carbonyl (C=O) groups is 1. The van der Waals surface area contributed by atoms with Gasteiger partial charge in [0.25, 0.3) is 0 Å². The highest BCUT2D eigenvalue weighted by Crippen LogP contribution is 2.04. The zero-order valence-electron chi connectivity index (χ0n) is 7.74. The van der Waals surface area contributed by atoms with E-state index in [1.54, 1.807) is 10.9 Å². The molecule has 0 aliphatic carbocycles. The molecule has 1 heterocycles. The van der Waals surface area contributed by atoms with Crippen molar-refractivity contribution in [2.75, 3.05) is 5.75 Å². The molecule has 1 aromatic rings. The van der Waals surface area contributed by atoms with Crippen LogP contribution in [0.2, 0.25) is 0 Å². The number of nitrogens with one attached hydrogen (secondary N) is 1. The van der Waals surface area contributed by atoms with Gasteiger partial charge < -0.3 is 5.32 Å². The Kier molecular flexibility index (Phi) is 3.36. The standard InChI is InChI=1S/C8H13N3OS/c1-6-7(4-10-11(6)2)3-9-8(12)5-13/h4,13H,3,5H2,1-2H3,(H,9,12). The van der Waals surface area contributed by atoms with Gasteiger partial charge in [0.2, 0.25) is 5.91 Å². The Morgan fingerprint density at radius 3 is 2.92 bits per heavy atom. The molecule has 1 aromatic heterocycles. The van der Waals surface area contributed by atoms with Gasteiger partial charge in [0.15, 0.2) is 0 Å². The lowest BCUT2D eigenvalue weighted by molar-refractivity contribution is -0.118. The molecule has 0 atom stereocenters. The highest BCUT2D eigenvalue weighted by molar-refractivity contribution is 7.81. The van der Waals surface area contributed by atoms with Crippen molar-refractivity contribution in [1.82, 2.24) is 15.1 Å². The maximum atomic E-state index is 10.9. The van der Waals surface area contributed by atoms with Gasteiger partial charge in [0.05, 0.1) is 11.9 Å². The van der Waals surface area contributed by atoms with Crippen LogP contribution < -0.4 is 5.32 Å². The molecule has 72 valence electrons. The topological polar surface area (TPSA) is 46.9 Å². The van der Waals surface area contributed by atoms with E-state index < -0.39 is 0 Å². The number of aryl methyl sites for hydroxylation is 1. The van der Waals surface area contributed by atoms with Crippen LogP contribution in [0.4, 0.5) is 0 Å². The normalized spacial score (nSPS) is 10.1. The number of carbonyl (C=O) groups excluding carboxylic acids is 1. The van der Waals surface area contributed by atoms with Crippen LogP contribution in [-0.2, 0) is 18.4 Å². The van der Waals surface area contributed by atoms with Gasteiger partial charge in [-0.15, -0.1) is 0 Å². The van der Waals surface area contributed by atoms with Crippen LogP contribution in [0.1, 0.15) is 11.3 Å². The van der Waals surface area contributed by atoms with Crippen molar-refractivity contribution in [2.45, 2.75) is 13.5 Å². The maximum Gasteiger partial charge on any atom is 0.229 e. The number of rotatable bonds is 3. The van der Waals surface area contributed by atoms with Crippen molar-refractivity contribution in [3.8, 4) is 0 Å². The van der Waals surface area contributed by atoms with E-state index in [-0.39, 0.29) is 11.7 Å². The first-order valence-electron chi connectivity index (χ1n) is 4.00. The summed E-state index contributed by atoms with van der Waals surface area (Å²) < 4.78 is 1.78. The zero-order chi connectivity index (χ0) is 9.84. The van der Waals surface area contributed by atoms with Crippen molar-refractivity contribution in [2.24, 2.45) is 7.05 Å². The van der Waals surface area contributed by atoms with Crippen molar-refractivity contribution < 1.29 is 4.79 Å². The summed E-state index contributed by atoms with van der Waals surface area (Å²) in [6.07, 6.45) is 1.76. The number of thiol groups is 1. The van der Waals surface area contributed by atoms with E-state index in [1.165, 1.54) is 0 Å². The summed E-state index contributed by atoms with van der Waals surface area (Å²) in [5.41, 5.74) is 2.11. The van der Waals surface area contributed by atoms with E-state index in [0.29, 0.717) is 6.54 Å². The predicted molar refractivity (Wildman–Crippen MR) is 53.6 cm³/mol. The van der Waals surface area contributed by atoms with Crippen LogP contribution in [0.15, 0.2) is 6.20 Å². The zero-order valence-corrected chi connectivity index (χ0v) is 8.64. The minimum absolute atomic E-state index is 0.0633. The quantitative estimate of drug-likeness (QED) is 0.687. The lowest BCUT2D eigenvalue weighted by Crippen LogP contribution is -2.23. The summed E-state index contributed by atoms with van der Waals surface area (Å²) in [6.45, 7) is 2.49. The van der Waals surface area contributed by atoms with Crippen LogP contribution in [0, 0.1) is 6.92 Å². The fourth-order valence-corrected chi connectivity index (χ4v) is 1.08. The number of amides is 1. The fourth-order valence-electron chi connectivity index (χ4n) is 0.967. The Balaban J connectivity index is 2.55. The van der Waals surface area contributed by atoms with E-state index in [2.05, 4.69) is 23.0 Å². The van der Waals surface area contributed by atoms with Gasteiger partial charge in [-0.1, -0.05) is 0 Å². The summed E-state index contributed by atoms with van der Waals surface area (Å²) in [6, 6.07) is 0. The summed E-state index contributed by atoms with van der Waals surface area (Å²) in [7, 11) is 1.87. The maximum absolute atomic E-state index is 10.9. The third-order valence-electron chi connectivity index (χ3n) is 1.96. The first kappa shape index (κ1) is 10.1. The summed E-state index contributed by atoms with van der Waals surface area (Å²) >= 11 is 3.86. The largest absolute Gasteiger partial charge is 0.351 e. The molecular weight excluding hydrogens is 186 g/mol. The molecule has 4 nitrogen and oxygen atoms in total. The first-order valence-corrected chi connectivity index (χ1v) is 4.63. The Hall–Kier alpha value is -0.970. The molecule has 0 spiro atoms. The van der Waals surface area contributed by atoms with Crippen molar-refractivity contribution in [1.29, 1.82) is 0 Å². The van der Waals surface area contributed by atoms with Gasteiger partial charge in [-0.3, -0.25) is 9.48 Å². The van der Waals surface area contributed by atoms with Crippen molar-refractivity contribution in [3.63, 3.8) is 0 Å². The summed E-state index contributed by atoms with van der Waals surface area (Å²) in [5.74, 6) is 0.158. The molecule has 0 unspecified atom stereocenters.